The van der Waals surface area contributed by atoms with Crippen molar-refractivity contribution >= 4 is 28.8 Å². The number of likely N-dealkylation sites (N-methyl/N-ethyl adjacent to an activating group) is 1. The molecule has 0 N–H and O–H groups in total. The highest BCUT2D eigenvalue weighted by atomic mass is 32.2. The van der Waals surface area contributed by atoms with Crippen molar-refractivity contribution in [2.75, 3.05) is 26.9 Å². The predicted octanol–water partition coefficient (Wildman–Crippen LogP) is -1.18. The van der Waals surface area contributed by atoms with E-state index in [1.807, 2.05) is 19.0 Å². The summed E-state index contributed by atoms with van der Waals surface area (Å²) in [6.45, 7) is 1.13. The molecule has 0 bridgehead atoms. The Bertz CT molecular complexity index is 528. The molecule has 0 aliphatic rings. The van der Waals surface area contributed by atoms with Crippen molar-refractivity contribution in [1.29, 1.82) is 0 Å². The molecular formula is C9H17N5O3S2. The zero-order chi connectivity index (χ0) is 14.6. The first-order chi connectivity index (χ1) is 8.77. The molecule has 108 valence electrons. The van der Waals surface area contributed by atoms with Crippen molar-refractivity contribution in [2.45, 2.75) is 17.0 Å². The van der Waals surface area contributed by atoms with Gasteiger partial charge in [0.2, 0.25) is 0 Å². The van der Waals surface area contributed by atoms with Crippen LogP contribution in [0.15, 0.2) is 0 Å². The van der Waals surface area contributed by atoms with Gasteiger partial charge in [0.15, 0.2) is 15.7 Å². The summed E-state index contributed by atoms with van der Waals surface area (Å²) in [5, 5.41) is 11.0. The van der Waals surface area contributed by atoms with Crippen LogP contribution in [-0.4, -0.2) is 71.3 Å². The van der Waals surface area contributed by atoms with E-state index in [1.54, 1.807) is 0 Å². The van der Waals surface area contributed by atoms with Crippen molar-refractivity contribution in [3.63, 3.8) is 0 Å². The Morgan fingerprint density at radius 2 is 2.11 bits per heavy atom. The number of hydrogen-bond acceptors (Lipinski definition) is 8. The summed E-state index contributed by atoms with van der Waals surface area (Å²) in [4.78, 5) is 13.1. The van der Waals surface area contributed by atoms with Crippen LogP contribution in [0.1, 0.15) is 11.7 Å². The fourth-order valence-corrected chi connectivity index (χ4v) is 2.35. The van der Waals surface area contributed by atoms with Crippen molar-refractivity contribution in [1.82, 2.24) is 25.1 Å². The molecule has 0 fully saturated rings. The summed E-state index contributed by atoms with van der Waals surface area (Å²) >= 11 is 3.99. The lowest BCUT2D eigenvalue weighted by molar-refractivity contribution is -0.109. The maximum Gasteiger partial charge on any atom is 0.163 e. The van der Waals surface area contributed by atoms with Crippen molar-refractivity contribution in [2.24, 2.45) is 0 Å². The molecule has 0 aliphatic heterocycles. The summed E-state index contributed by atoms with van der Waals surface area (Å²) in [7, 11) is 0.302. The van der Waals surface area contributed by atoms with Crippen LogP contribution >= 0.6 is 12.6 Å². The third kappa shape index (κ3) is 4.25. The number of hydrogen-bond donors (Lipinski definition) is 1. The molecule has 0 spiro atoms. The monoisotopic (exact) mass is 307 g/mol. The number of carbonyl (C=O) groups is 1. The minimum absolute atomic E-state index is 0.210. The predicted molar refractivity (Wildman–Crippen MR) is 72.8 cm³/mol. The maximum atomic E-state index is 11.5. The van der Waals surface area contributed by atoms with Crippen LogP contribution in [0, 0.1) is 0 Å². The van der Waals surface area contributed by atoms with Gasteiger partial charge in [-0.25, -0.2) is 13.1 Å². The van der Waals surface area contributed by atoms with E-state index in [0.717, 1.165) is 6.26 Å². The highest BCUT2D eigenvalue weighted by Gasteiger charge is 2.32. The standard InChI is InChI=1S/C9H17N5O3S2/c1-13(2)4-5-14-8(10-11-12-14)7(6-15)9(18)19(3,16)17/h6-7,9,18H,4-5H2,1-3H3. The molecule has 0 saturated carbocycles. The molecule has 10 heteroatoms. The molecule has 0 aliphatic carbocycles. The van der Waals surface area contributed by atoms with Gasteiger partial charge in [-0.2, -0.15) is 12.6 Å². The third-order valence-corrected chi connectivity index (χ3v) is 5.15. The minimum atomic E-state index is -3.47. The molecule has 2 unspecified atom stereocenters. The lowest BCUT2D eigenvalue weighted by Gasteiger charge is -2.16. The number of thiol groups is 1. The van der Waals surface area contributed by atoms with Crippen LogP contribution in [-0.2, 0) is 21.2 Å². The Balaban J connectivity index is 3.00. The number of carbonyl (C=O) groups excluding carboxylic acids is 1. The van der Waals surface area contributed by atoms with E-state index in [2.05, 4.69) is 28.2 Å². The lowest BCUT2D eigenvalue weighted by Crippen LogP contribution is -2.28. The zero-order valence-electron chi connectivity index (χ0n) is 11.0. The quantitative estimate of drug-likeness (QED) is 0.500. The fourth-order valence-electron chi connectivity index (χ4n) is 1.43. The zero-order valence-corrected chi connectivity index (χ0v) is 12.7. The Morgan fingerprint density at radius 3 is 2.58 bits per heavy atom. The van der Waals surface area contributed by atoms with Crippen LogP contribution in [0.5, 0.6) is 0 Å². The maximum absolute atomic E-state index is 11.5. The summed E-state index contributed by atoms with van der Waals surface area (Å²) < 4.78 is 23.2. The van der Waals surface area contributed by atoms with Crippen molar-refractivity contribution < 1.29 is 13.2 Å². The van der Waals surface area contributed by atoms with Crippen LogP contribution in [0.25, 0.3) is 0 Å². The summed E-state index contributed by atoms with van der Waals surface area (Å²) in [5.74, 6) is -0.780. The van der Waals surface area contributed by atoms with Gasteiger partial charge in [0.05, 0.1) is 6.54 Å². The van der Waals surface area contributed by atoms with Crippen molar-refractivity contribution in [3.8, 4) is 0 Å². The van der Waals surface area contributed by atoms with Gasteiger partial charge in [-0.3, -0.25) is 0 Å². The summed E-state index contributed by atoms with van der Waals surface area (Å²) in [6, 6.07) is 0. The van der Waals surface area contributed by atoms with Gasteiger partial charge in [0.25, 0.3) is 0 Å². The van der Waals surface area contributed by atoms with Crippen LogP contribution in [0.4, 0.5) is 0 Å². The van der Waals surface area contributed by atoms with Crippen LogP contribution < -0.4 is 0 Å². The molecule has 0 radical (unpaired) electrons. The second-order valence-corrected chi connectivity index (χ2v) is 7.52. The fraction of sp³-hybridized carbons (Fsp3) is 0.778. The van der Waals surface area contributed by atoms with Gasteiger partial charge < -0.3 is 9.69 Å². The van der Waals surface area contributed by atoms with E-state index in [0.29, 0.717) is 19.4 Å². The normalized spacial score (nSPS) is 15.4. The van der Waals surface area contributed by atoms with Gasteiger partial charge in [0, 0.05) is 12.8 Å². The number of aldehydes is 1. The van der Waals surface area contributed by atoms with Gasteiger partial charge in [-0.05, 0) is 24.5 Å². The number of tetrazole rings is 1. The van der Waals surface area contributed by atoms with E-state index in [-0.39, 0.29) is 5.82 Å². The molecule has 1 aromatic rings. The molecule has 19 heavy (non-hydrogen) atoms. The number of sulfone groups is 1. The van der Waals surface area contributed by atoms with Gasteiger partial charge >= 0.3 is 0 Å². The number of nitrogens with zero attached hydrogens (tertiary/aromatic N) is 5. The second kappa shape index (κ2) is 6.44. The van der Waals surface area contributed by atoms with Crippen molar-refractivity contribution in [3.05, 3.63) is 5.82 Å². The molecule has 0 saturated heterocycles. The highest BCUT2D eigenvalue weighted by Crippen LogP contribution is 2.23. The third-order valence-electron chi connectivity index (χ3n) is 2.51. The Morgan fingerprint density at radius 1 is 1.47 bits per heavy atom. The summed E-state index contributed by atoms with van der Waals surface area (Å²) in [5.41, 5.74) is 0. The Labute approximate surface area is 117 Å². The molecule has 0 amide bonds. The molecule has 8 nitrogen and oxygen atoms in total. The van der Waals surface area contributed by atoms with Gasteiger partial charge in [-0.1, -0.05) is 0 Å². The van der Waals surface area contributed by atoms with Crippen LogP contribution in [0.2, 0.25) is 0 Å². The van der Waals surface area contributed by atoms with E-state index in [9.17, 15) is 13.2 Å². The average Bonchev–Trinajstić information content (AvgIpc) is 2.74. The first kappa shape index (κ1) is 16.1. The Kier molecular flexibility index (Phi) is 5.44. The lowest BCUT2D eigenvalue weighted by atomic mass is 10.2. The van der Waals surface area contributed by atoms with E-state index >= 15 is 0 Å². The number of aromatic nitrogens is 4. The highest BCUT2D eigenvalue weighted by molar-refractivity contribution is 8.04. The van der Waals surface area contributed by atoms with E-state index in [4.69, 9.17) is 0 Å². The smallest absolute Gasteiger partial charge is 0.163 e. The van der Waals surface area contributed by atoms with Gasteiger partial charge in [0.1, 0.15) is 16.8 Å². The van der Waals surface area contributed by atoms with Gasteiger partial charge in [-0.15, -0.1) is 5.10 Å². The molecule has 1 heterocycles. The molecule has 1 aromatic heterocycles. The molecule has 2 atom stereocenters. The first-order valence-electron chi connectivity index (χ1n) is 5.50. The largest absolute Gasteiger partial charge is 0.308 e. The molecular weight excluding hydrogens is 290 g/mol. The first-order valence-corrected chi connectivity index (χ1v) is 7.97. The molecule has 1 rings (SSSR count). The van der Waals surface area contributed by atoms with E-state index in [1.165, 1.54) is 4.68 Å². The average molecular weight is 307 g/mol. The molecule has 0 aromatic carbocycles. The second-order valence-electron chi connectivity index (χ2n) is 4.45. The SMILES string of the molecule is CN(C)CCn1nnnc1C(C=O)C(S)S(C)(=O)=O. The minimum Gasteiger partial charge on any atom is -0.308 e. The Hall–Kier alpha value is -1.00. The topological polar surface area (TPSA) is 98.1 Å². The van der Waals surface area contributed by atoms with Crippen LogP contribution in [0.3, 0.4) is 0 Å². The summed E-state index contributed by atoms with van der Waals surface area (Å²) in [6.07, 6.45) is 1.53. The number of rotatable bonds is 7. The van der Waals surface area contributed by atoms with E-state index < -0.39 is 20.3 Å².